The van der Waals surface area contributed by atoms with E-state index in [2.05, 4.69) is 24.1 Å². The van der Waals surface area contributed by atoms with Gasteiger partial charge in [0.05, 0.1) is 23.0 Å². The summed E-state index contributed by atoms with van der Waals surface area (Å²) in [4.78, 5) is 16.8. The van der Waals surface area contributed by atoms with Crippen LogP contribution in [0.15, 0.2) is 54.7 Å². The van der Waals surface area contributed by atoms with E-state index in [4.69, 9.17) is 4.74 Å². The normalized spacial score (nSPS) is 11.0. The second kappa shape index (κ2) is 8.62. The molecule has 2 aromatic carbocycles. The van der Waals surface area contributed by atoms with E-state index in [0.717, 1.165) is 35.1 Å². The first-order chi connectivity index (χ1) is 13.0. The van der Waals surface area contributed by atoms with Gasteiger partial charge >= 0.3 is 5.97 Å². The van der Waals surface area contributed by atoms with Gasteiger partial charge in [0.25, 0.3) is 0 Å². The van der Waals surface area contributed by atoms with Crippen molar-refractivity contribution in [1.82, 2.24) is 4.98 Å². The van der Waals surface area contributed by atoms with Gasteiger partial charge in [-0.25, -0.2) is 9.18 Å². The third-order valence-electron chi connectivity index (χ3n) is 4.25. The van der Waals surface area contributed by atoms with Gasteiger partial charge in [-0.15, -0.1) is 0 Å². The highest BCUT2D eigenvalue weighted by atomic mass is 19.1. The summed E-state index contributed by atoms with van der Waals surface area (Å²) < 4.78 is 18.3. The van der Waals surface area contributed by atoms with Gasteiger partial charge in [-0.3, -0.25) is 4.98 Å². The molecular weight excluding hydrogens is 343 g/mol. The molecule has 27 heavy (non-hydrogen) atoms. The molecule has 0 atom stereocenters. The number of aromatic nitrogens is 1. The number of esters is 1. The van der Waals surface area contributed by atoms with Crippen LogP contribution in [0.1, 0.15) is 36.2 Å². The number of nitrogens with zero attached hydrogens (tertiary/aromatic N) is 1. The third-order valence-corrected chi connectivity index (χ3v) is 4.25. The predicted octanol–water partition coefficient (Wildman–Crippen LogP) is 5.19. The van der Waals surface area contributed by atoms with Crippen molar-refractivity contribution < 1.29 is 13.9 Å². The molecule has 0 radical (unpaired) electrons. The lowest BCUT2D eigenvalue weighted by molar-refractivity contribution is 0.0473. The molecule has 0 unspecified atom stereocenters. The Morgan fingerprint density at radius 1 is 1.15 bits per heavy atom. The van der Waals surface area contributed by atoms with Gasteiger partial charge in [0.2, 0.25) is 0 Å². The van der Waals surface area contributed by atoms with Gasteiger partial charge in [-0.05, 0) is 54.3 Å². The Kier molecular flexibility index (Phi) is 6.01. The Balaban J connectivity index is 1.68. The van der Waals surface area contributed by atoms with Crippen molar-refractivity contribution >= 4 is 22.6 Å². The lowest BCUT2D eigenvalue weighted by Gasteiger charge is -2.09. The number of carbonyl (C=O) groups excluding carboxylic acids is 1. The summed E-state index contributed by atoms with van der Waals surface area (Å²) >= 11 is 0. The van der Waals surface area contributed by atoms with E-state index in [1.54, 1.807) is 30.5 Å². The standard InChI is InChI=1S/C22H23FN2O2/c1-15(2)9-10-24-20-12-18-11-17(5-8-21(18)25-13-20)22(26)27-14-16-3-6-19(23)7-4-16/h3-8,11-13,15,24H,9-10,14H2,1-2H3. The molecule has 0 saturated heterocycles. The SMILES string of the molecule is CC(C)CCNc1cnc2ccc(C(=O)OCc3ccc(F)cc3)cc2c1. The van der Waals surface area contributed by atoms with Crippen molar-refractivity contribution in [1.29, 1.82) is 0 Å². The smallest absolute Gasteiger partial charge is 0.338 e. The molecule has 0 saturated carbocycles. The summed E-state index contributed by atoms with van der Waals surface area (Å²) in [5.41, 5.74) is 2.95. The Morgan fingerprint density at radius 3 is 2.67 bits per heavy atom. The van der Waals surface area contributed by atoms with Crippen molar-refractivity contribution in [3.8, 4) is 0 Å². The average Bonchev–Trinajstić information content (AvgIpc) is 2.66. The van der Waals surface area contributed by atoms with Crippen molar-refractivity contribution in [2.45, 2.75) is 26.9 Å². The van der Waals surface area contributed by atoms with Crippen LogP contribution in [-0.4, -0.2) is 17.5 Å². The van der Waals surface area contributed by atoms with Crippen LogP contribution in [0.4, 0.5) is 10.1 Å². The molecule has 140 valence electrons. The number of halogens is 1. The molecule has 0 aliphatic carbocycles. The van der Waals surface area contributed by atoms with Crippen LogP contribution in [0, 0.1) is 11.7 Å². The number of fused-ring (bicyclic) bond motifs is 1. The minimum absolute atomic E-state index is 0.103. The maximum Gasteiger partial charge on any atom is 0.338 e. The summed E-state index contributed by atoms with van der Waals surface area (Å²) in [5.74, 6) is -0.0993. The highest BCUT2D eigenvalue weighted by molar-refractivity contribution is 5.95. The van der Waals surface area contributed by atoms with E-state index < -0.39 is 5.97 Å². The molecule has 0 aliphatic heterocycles. The lowest BCUT2D eigenvalue weighted by atomic mass is 10.1. The second-order valence-electron chi connectivity index (χ2n) is 6.94. The number of nitrogens with one attached hydrogen (secondary N) is 1. The van der Waals surface area contributed by atoms with Crippen LogP contribution >= 0.6 is 0 Å². The van der Waals surface area contributed by atoms with Gasteiger partial charge in [-0.2, -0.15) is 0 Å². The van der Waals surface area contributed by atoms with Crippen molar-refractivity contribution in [3.63, 3.8) is 0 Å². The molecule has 1 N–H and O–H groups in total. The molecule has 4 nitrogen and oxygen atoms in total. The first-order valence-corrected chi connectivity index (χ1v) is 9.06. The van der Waals surface area contributed by atoms with Gasteiger partial charge < -0.3 is 10.1 Å². The van der Waals surface area contributed by atoms with Crippen molar-refractivity contribution in [3.05, 3.63) is 71.7 Å². The van der Waals surface area contributed by atoms with E-state index >= 15 is 0 Å². The third kappa shape index (κ3) is 5.26. The van der Waals surface area contributed by atoms with Crippen LogP contribution in [0.3, 0.4) is 0 Å². The zero-order valence-corrected chi connectivity index (χ0v) is 15.5. The fourth-order valence-electron chi connectivity index (χ4n) is 2.67. The van der Waals surface area contributed by atoms with E-state index in [1.807, 2.05) is 12.1 Å². The van der Waals surface area contributed by atoms with E-state index in [1.165, 1.54) is 12.1 Å². The minimum atomic E-state index is -0.417. The lowest BCUT2D eigenvalue weighted by Crippen LogP contribution is -2.06. The fraction of sp³-hybridized carbons (Fsp3) is 0.273. The highest BCUT2D eigenvalue weighted by Gasteiger charge is 2.09. The van der Waals surface area contributed by atoms with Crippen LogP contribution < -0.4 is 5.32 Å². The molecular formula is C22H23FN2O2. The number of ether oxygens (including phenoxy) is 1. The maximum absolute atomic E-state index is 12.9. The zero-order valence-electron chi connectivity index (χ0n) is 15.5. The first kappa shape index (κ1) is 18.8. The largest absolute Gasteiger partial charge is 0.457 e. The second-order valence-corrected chi connectivity index (χ2v) is 6.94. The molecule has 1 aromatic heterocycles. The molecule has 3 aromatic rings. The summed E-state index contributed by atoms with van der Waals surface area (Å²) in [7, 11) is 0. The Morgan fingerprint density at radius 2 is 1.93 bits per heavy atom. The molecule has 0 amide bonds. The summed E-state index contributed by atoms with van der Waals surface area (Å²) in [6, 6.07) is 13.2. The summed E-state index contributed by atoms with van der Waals surface area (Å²) in [6.07, 6.45) is 2.88. The molecule has 3 rings (SSSR count). The van der Waals surface area contributed by atoms with Crippen molar-refractivity contribution in [2.24, 2.45) is 5.92 Å². The number of anilines is 1. The highest BCUT2D eigenvalue weighted by Crippen LogP contribution is 2.19. The topological polar surface area (TPSA) is 51.2 Å². The van der Waals surface area contributed by atoms with E-state index in [9.17, 15) is 9.18 Å². The molecule has 0 bridgehead atoms. The van der Waals surface area contributed by atoms with Crippen LogP contribution in [0.25, 0.3) is 10.9 Å². The van der Waals surface area contributed by atoms with Gasteiger partial charge in [0, 0.05) is 11.9 Å². The van der Waals surface area contributed by atoms with Crippen LogP contribution in [0.5, 0.6) is 0 Å². The number of benzene rings is 2. The summed E-state index contributed by atoms with van der Waals surface area (Å²) in [5, 5.41) is 4.23. The van der Waals surface area contributed by atoms with Crippen LogP contribution in [-0.2, 0) is 11.3 Å². The first-order valence-electron chi connectivity index (χ1n) is 9.06. The average molecular weight is 366 g/mol. The maximum atomic E-state index is 12.9. The van der Waals surface area contributed by atoms with Gasteiger partial charge in [0.1, 0.15) is 12.4 Å². The molecule has 0 aliphatic rings. The number of rotatable bonds is 7. The fourth-order valence-corrected chi connectivity index (χ4v) is 2.67. The van der Waals surface area contributed by atoms with Gasteiger partial charge in [0.15, 0.2) is 0 Å². The minimum Gasteiger partial charge on any atom is -0.457 e. The quantitative estimate of drug-likeness (QED) is 0.585. The molecule has 0 spiro atoms. The summed E-state index contributed by atoms with van der Waals surface area (Å²) in [6.45, 7) is 5.35. The number of carbonyl (C=O) groups is 1. The van der Waals surface area contributed by atoms with Gasteiger partial charge in [-0.1, -0.05) is 26.0 Å². The molecule has 5 heteroatoms. The number of hydrogen-bond acceptors (Lipinski definition) is 4. The Labute approximate surface area is 158 Å². The number of pyridine rings is 1. The Bertz CT molecular complexity index is 923. The molecule has 1 heterocycles. The monoisotopic (exact) mass is 366 g/mol. The number of hydrogen-bond donors (Lipinski definition) is 1. The Hall–Kier alpha value is -2.95. The van der Waals surface area contributed by atoms with Crippen molar-refractivity contribution in [2.75, 3.05) is 11.9 Å². The van der Waals surface area contributed by atoms with Crippen LogP contribution in [0.2, 0.25) is 0 Å². The molecule has 0 fully saturated rings. The predicted molar refractivity (Wildman–Crippen MR) is 105 cm³/mol. The van der Waals surface area contributed by atoms with E-state index in [-0.39, 0.29) is 12.4 Å². The zero-order chi connectivity index (χ0) is 19.2. The van der Waals surface area contributed by atoms with E-state index in [0.29, 0.717) is 11.5 Å².